The van der Waals surface area contributed by atoms with Gasteiger partial charge in [-0.25, -0.2) is 0 Å². The minimum absolute atomic E-state index is 0.548. The molecule has 0 amide bonds. The van der Waals surface area contributed by atoms with Crippen molar-refractivity contribution in [1.82, 2.24) is 4.57 Å². The summed E-state index contributed by atoms with van der Waals surface area (Å²) in [6, 6.07) is 83.7. The average Bonchev–Trinajstić information content (AvgIpc) is 3.85. The number of hydrogen-bond acceptors (Lipinski definition) is 1. The Morgan fingerprint density at radius 1 is 0.444 bits per heavy atom. The van der Waals surface area contributed by atoms with E-state index in [-0.39, 0.29) is 0 Å². The van der Waals surface area contributed by atoms with Gasteiger partial charge in [-0.05, 0) is 115 Å². The number of fused-ring (bicyclic) bond motifs is 12. The molecule has 13 rings (SSSR count). The molecule has 11 aromatic rings. The van der Waals surface area contributed by atoms with Crippen LogP contribution >= 0.6 is 0 Å². The Hall–Kier alpha value is -7.94. The standard InChI is InChI=1S/C61H42N2/c1-2-40-35-36-42-21-17-28-50-47-26-10-14-31-53(47)61(59(40)58(42)50)52-30-13-9-25-46(52)48-38-37-44(39-54(48)61)62(55-32-15-11-24-45(55)41-19-5-3-6-20-41)57-34-18-29-51-49-27-12-16-33-56(49)63(60(51)57)43-22-7-4-8-23-43/h3-39H,2H2,1H3. The number of rotatable bonds is 6. The van der Waals surface area contributed by atoms with E-state index >= 15 is 0 Å². The summed E-state index contributed by atoms with van der Waals surface area (Å²) < 4.78 is 2.46. The Morgan fingerprint density at radius 3 is 1.84 bits per heavy atom. The Kier molecular flexibility index (Phi) is 7.83. The molecule has 1 aromatic heterocycles. The summed E-state index contributed by atoms with van der Waals surface area (Å²) in [5, 5.41) is 5.10. The van der Waals surface area contributed by atoms with Crippen LogP contribution in [0.3, 0.4) is 0 Å². The zero-order valence-corrected chi connectivity index (χ0v) is 35.0. The van der Waals surface area contributed by atoms with E-state index in [1.165, 1.54) is 93.8 Å². The Labute approximate surface area is 367 Å². The van der Waals surface area contributed by atoms with Crippen LogP contribution in [0, 0.1) is 0 Å². The van der Waals surface area contributed by atoms with Gasteiger partial charge < -0.3 is 9.47 Å². The van der Waals surface area contributed by atoms with Gasteiger partial charge in [0.25, 0.3) is 0 Å². The third-order valence-electron chi connectivity index (χ3n) is 14.0. The lowest BCUT2D eigenvalue weighted by molar-refractivity contribution is 0.759. The lowest BCUT2D eigenvalue weighted by atomic mass is 9.60. The molecule has 0 saturated carbocycles. The van der Waals surface area contributed by atoms with Crippen LogP contribution in [0.25, 0.3) is 71.6 Å². The maximum Gasteiger partial charge on any atom is 0.0782 e. The maximum absolute atomic E-state index is 2.55. The minimum atomic E-state index is -0.548. The van der Waals surface area contributed by atoms with Crippen molar-refractivity contribution in [3.05, 3.63) is 252 Å². The molecule has 0 bridgehead atoms. The van der Waals surface area contributed by atoms with E-state index in [4.69, 9.17) is 0 Å². The third kappa shape index (κ3) is 4.95. The maximum atomic E-state index is 2.55. The molecular formula is C61H42N2. The first kappa shape index (κ1) is 35.8. The quantitative estimate of drug-likeness (QED) is 0.163. The summed E-state index contributed by atoms with van der Waals surface area (Å²) in [6.07, 6.45) is 0.934. The zero-order valence-electron chi connectivity index (χ0n) is 35.0. The molecule has 1 heterocycles. The second kappa shape index (κ2) is 13.8. The molecular weight excluding hydrogens is 761 g/mol. The van der Waals surface area contributed by atoms with E-state index in [1.807, 2.05) is 0 Å². The first-order valence-electron chi connectivity index (χ1n) is 22.2. The second-order valence-corrected chi connectivity index (χ2v) is 17.0. The van der Waals surface area contributed by atoms with Crippen molar-refractivity contribution in [3.8, 4) is 39.1 Å². The Bertz CT molecular complexity index is 3620. The molecule has 10 aromatic carbocycles. The number of nitrogens with zero attached hydrogens (tertiary/aromatic N) is 2. The molecule has 2 heteroatoms. The van der Waals surface area contributed by atoms with Crippen molar-refractivity contribution in [2.75, 3.05) is 4.90 Å². The molecule has 1 spiro atoms. The molecule has 0 aliphatic heterocycles. The molecule has 296 valence electrons. The van der Waals surface area contributed by atoms with Gasteiger partial charge >= 0.3 is 0 Å². The largest absolute Gasteiger partial charge is 0.308 e. The van der Waals surface area contributed by atoms with E-state index < -0.39 is 5.41 Å². The fourth-order valence-electron chi connectivity index (χ4n) is 11.5. The summed E-state index contributed by atoms with van der Waals surface area (Å²) in [5.41, 5.74) is 20.7. The number of aromatic nitrogens is 1. The van der Waals surface area contributed by atoms with E-state index in [1.54, 1.807) is 0 Å². The van der Waals surface area contributed by atoms with E-state index in [2.05, 4.69) is 241 Å². The van der Waals surface area contributed by atoms with Crippen molar-refractivity contribution in [3.63, 3.8) is 0 Å². The number of benzene rings is 10. The summed E-state index contributed by atoms with van der Waals surface area (Å²) in [5.74, 6) is 0. The zero-order chi connectivity index (χ0) is 41.6. The minimum Gasteiger partial charge on any atom is -0.308 e. The molecule has 0 N–H and O–H groups in total. The van der Waals surface area contributed by atoms with E-state index in [9.17, 15) is 0 Å². The summed E-state index contributed by atoms with van der Waals surface area (Å²) in [7, 11) is 0. The van der Waals surface area contributed by atoms with E-state index in [0.717, 1.165) is 29.2 Å². The SMILES string of the molecule is CCc1ccc2cccc3c2c1C1(c2ccccc2-c2ccc(N(c4ccccc4-c4ccccc4)c4cccc5c6ccccc6n(-c6ccccc6)c45)cc21)c1ccccc1-3. The fourth-order valence-corrected chi connectivity index (χ4v) is 11.5. The van der Waals surface area contributed by atoms with Gasteiger partial charge in [0.05, 0.1) is 27.8 Å². The highest BCUT2D eigenvalue weighted by atomic mass is 15.2. The van der Waals surface area contributed by atoms with Crippen molar-refractivity contribution in [2.45, 2.75) is 18.8 Å². The van der Waals surface area contributed by atoms with Gasteiger partial charge in [-0.15, -0.1) is 0 Å². The summed E-state index contributed by atoms with van der Waals surface area (Å²) in [4.78, 5) is 2.55. The van der Waals surface area contributed by atoms with E-state index in [0.29, 0.717) is 0 Å². The van der Waals surface area contributed by atoms with Gasteiger partial charge in [0.2, 0.25) is 0 Å². The average molecular weight is 803 g/mol. The van der Waals surface area contributed by atoms with Crippen LogP contribution in [0.2, 0.25) is 0 Å². The number of hydrogen-bond donors (Lipinski definition) is 0. The molecule has 1 atom stereocenters. The van der Waals surface area contributed by atoms with Crippen molar-refractivity contribution >= 4 is 49.6 Å². The second-order valence-electron chi connectivity index (χ2n) is 17.0. The van der Waals surface area contributed by atoms with Crippen molar-refractivity contribution in [2.24, 2.45) is 0 Å². The van der Waals surface area contributed by atoms with Gasteiger partial charge in [0.1, 0.15) is 0 Å². The van der Waals surface area contributed by atoms with Gasteiger partial charge in [0.15, 0.2) is 0 Å². The molecule has 1 unspecified atom stereocenters. The van der Waals surface area contributed by atoms with Crippen molar-refractivity contribution in [1.29, 1.82) is 0 Å². The number of anilines is 3. The van der Waals surface area contributed by atoms with Crippen LogP contribution < -0.4 is 4.90 Å². The van der Waals surface area contributed by atoms with Gasteiger partial charge in [-0.2, -0.15) is 0 Å². The topological polar surface area (TPSA) is 8.17 Å². The lowest BCUT2D eigenvalue weighted by Gasteiger charge is -2.41. The smallest absolute Gasteiger partial charge is 0.0782 e. The number of aryl methyl sites for hydroxylation is 1. The van der Waals surface area contributed by atoms with Gasteiger partial charge in [-0.1, -0.05) is 189 Å². The van der Waals surface area contributed by atoms with Gasteiger partial charge in [0, 0.05) is 27.7 Å². The van der Waals surface area contributed by atoms with Crippen LogP contribution in [0.1, 0.15) is 34.7 Å². The lowest BCUT2D eigenvalue weighted by Crippen LogP contribution is -2.33. The first-order chi connectivity index (χ1) is 31.3. The molecule has 2 aliphatic carbocycles. The number of para-hydroxylation sites is 4. The molecule has 63 heavy (non-hydrogen) atoms. The van der Waals surface area contributed by atoms with Crippen LogP contribution in [0.5, 0.6) is 0 Å². The van der Waals surface area contributed by atoms with Crippen LogP contribution in [-0.4, -0.2) is 4.57 Å². The summed E-state index contributed by atoms with van der Waals surface area (Å²) in [6.45, 7) is 2.32. The summed E-state index contributed by atoms with van der Waals surface area (Å²) >= 11 is 0. The molecule has 2 aliphatic rings. The van der Waals surface area contributed by atoms with Crippen LogP contribution in [0.15, 0.2) is 224 Å². The molecule has 0 fully saturated rings. The highest BCUT2D eigenvalue weighted by Crippen LogP contribution is 2.63. The van der Waals surface area contributed by atoms with Gasteiger partial charge in [-0.3, -0.25) is 0 Å². The predicted molar refractivity (Wildman–Crippen MR) is 264 cm³/mol. The monoisotopic (exact) mass is 802 g/mol. The fraction of sp³-hybridized carbons (Fsp3) is 0.0492. The highest BCUT2D eigenvalue weighted by molar-refractivity contribution is 6.15. The first-order valence-corrected chi connectivity index (χ1v) is 22.2. The molecule has 2 nitrogen and oxygen atoms in total. The third-order valence-corrected chi connectivity index (χ3v) is 14.0. The van der Waals surface area contributed by atoms with Crippen LogP contribution in [-0.2, 0) is 11.8 Å². The van der Waals surface area contributed by atoms with Crippen molar-refractivity contribution < 1.29 is 0 Å². The highest BCUT2D eigenvalue weighted by Gasteiger charge is 2.51. The van der Waals surface area contributed by atoms with Crippen LogP contribution in [0.4, 0.5) is 17.1 Å². The molecule has 0 radical (unpaired) electrons. The molecule has 0 saturated heterocycles. The predicted octanol–water partition coefficient (Wildman–Crippen LogP) is 16.0. The Balaban J connectivity index is 1.18. The normalized spacial score (nSPS) is 14.6. The Morgan fingerprint density at radius 2 is 1.05 bits per heavy atom.